The molecule has 0 fully saturated rings. The average molecular weight is 381 g/mol. The van der Waals surface area contributed by atoms with Gasteiger partial charge in [-0.1, -0.05) is 0 Å². The van der Waals surface area contributed by atoms with E-state index in [4.69, 9.17) is 9.47 Å². The van der Waals surface area contributed by atoms with Gasteiger partial charge in [0.25, 0.3) is 0 Å². The van der Waals surface area contributed by atoms with Crippen molar-refractivity contribution >= 4 is 34.2 Å². The number of esters is 1. The van der Waals surface area contributed by atoms with Gasteiger partial charge in [-0.3, -0.25) is 9.59 Å². The number of carbonyl (C=O) groups excluding carboxylic acids is 2. The second-order valence-corrected chi connectivity index (χ2v) is 6.33. The molecule has 0 bridgehead atoms. The molecule has 2 aromatic carbocycles. The number of anilines is 2. The number of nitrogens with one attached hydrogen (secondary N) is 1. The largest absolute Gasteiger partial charge is 0.493 e. The van der Waals surface area contributed by atoms with Crippen molar-refractivity contribution in [2.75, 3.05) is 12.4 Å². The molecule has 1 N–H and O–H groups in total. The average Bonchev–Trinajstić information content (AvgIpc) is 3.06. The molecule has 4 rings (SSSR count). The molecule has 1 heterocycles. The SMILES string of the molecule is COc1cc2ncnc(Nc3ccc(F)c4c3CCC4=O)c2cc1OC(C)=O. The summed E-state index contributed by atoms with van der Waals surface area (Å²) < 4.78 is 24.5. The number of ketones is 1. The van der Waals surface area contributed by atoms with Crippen molar-refractivity contribution in [2.45, 2.75) is 19.8 Å². The first-order valence-electron chi connectivity index (χ1n) is 8.60. The first-order valence-corrected chi connectivity index (χ1v) is 8.60. The smallest absolute Gasteiger partial charge is 0.308 e. The van der Waals surface area contributed by atoms with Crippen molar-refractivity contribution < 1.29 is 23.5 Å². The highest BCUT2D eigenvalue weighted by atomic mass is 19.1. The van der Waals surface area contributed by atoms with E-state index in [2.05, 4.69) is 15.3 Å². The number of hydrogen-bond donors (Lipinski definition) is 1. The van der Waals surface area contributed by atoms with Gasteiger partial charge in [-0.05, 0) is 30.2 Å². The Balaban J connectivity index is 1.82. The molecule has 0 saturated heterocycles. The number of Topliss-reactive ketones (excluding diaryl/α,β-unsaturated/α-hetero) is 1. The van der Waals surface area contributed by atoms with E-state index in [1.54, 1.807) is 18.2 Å². The highest BCUT2D eigenvalue weighted by Crippen LogP contribution is 2.37. The molecule has 1 aromatic heterocycles. The van der Waals surface area contributed by atoms with Crippen molar-refractivity contribution in [3.05, 3.63) is 47.5 Å². The quantitative estimate of drug-likeness (QED) is 0.546. The van der Waals surface area contributed by atoms with E-state index in [-0.39, 0.29) is 23.5 Å². The summed E-state index contributed by atoms with van der Waals surface area (Å²) in [6.45, 7) is 1.29. The fraction of sp³-hybridized carbons (Fsp3) is 0.200. The number of fused-ring (bicyclic) bond motifs is 2. The van der Waals surface area contributed by atoms with Crippen LogP contribution in [-0.4, -0.2) is 28.8 Å². The van der Waals surface area contributed by atoms with E-state index in [9.17, 15) is 14.0 Å². The van der Waals surface area contributed by atoms with Gasteiger partial charge in [0.1, 0.15) is 18.0 Å². The van der Waals surface area contributed by atoms with E-state index in [0.29, 0.717) is 40.1 Å². The van der Waals surface area contributed by atoms with Crippen LogP contribution in [0.1, 0.15) is 29.3 Å². The molecule has 0 atom stereocenters. The molecule has 0 amide bonds. The minimum Gasteiger partial charge on any atom is -0.493 e. The van der Waals surface area contributed by atoms with Gasteiger partial charge < -0.3 is 14.8 Å². The van der Waals surface area contributed by atoms with Gasteiger partial charge in [0, 0.05) is 30.5 Å². The lowest BCUT2D eigenvalue weighted by molar-refractivity contribution is -0.132. The number of hydrogen-bond acceptors (Lipinski definition) is 7. The van der Waals surface area contributed by atoms with Crippen LogP contribution in [0.3, 0.4) is 0 Å². The van der Waals surface area contributed by atoms with E-state index in [1.807, 2.05) is 0 Å². The second-order valence-electron chi connectivity index (χ2n) is 6.33. The standard InChI is InChI=1S/C20H16FN3O4/c1-10(25)28-18-7-12-15(8-17(18)27-2)22-9-23-20(12)24-14-5-4-13(21)19-11(14)3-6-16(19)26/h4-5,7-9H,3,6H2,1-2H3,(H,22,23,24). The first-order chi connectivity index (χ1) is 13.5. The van der Waals surface area contributed by atoms with Crippen molar-refractivity contribution in [3.63, 3.8) is 0 Å². The Bertz CT molecular complexity index is 1130. The Kier molecular flexibility index (Phi) is 4.38. The molecular weight excluding hydrogens is 365 g/mol. The Hall–Kier alpha value is -3.55. The molecule has 0 spiro atoms. The molecule has 1 aliphatic carbocycles. The Morgan fingerprint density at radius 1 is 1.18 bits per heavy atom. The number of methoxy groups -OCH3 is 1. The van der Waals surface area contributed by atoms with E-state index < -0.39 is 11.8 Å². The molecule has 0 saturated carbocycles. The van der Waals surface area contributed by atoms with E-state index in [1.165, 1.54) is 26.4 Å². The number of benzene rings is 2. The normalized spacial score (nSPS) is 12.8. The van der Waals surface area contributed by atoms with Gasteiger partial charge in [-0.25, -0.2) is 14.4 Å². The van der Waals surface area contributed by atoms with Crippen LogP contribution in [0.25, 0.3) is 10.9 Å². The summed E-state index contributed by atoms with van der Waals surface area (Å²) in [5.74, 6) is -0.170. The number of nitrogens with zero attached hydrogens (tertiary/aromatic N) is 2. The van der Waals surface area contributed by atoms with Crippen LogP contribution in [0.15, 0.2) is 30.6 Å². The third-order valence-corrected chi connectivity index (χ3v) is 4.57. The molecular formula is C20H16FN3O4. The van der Waals surface area contributed by atoms with Gasteiger partial charge in [-0.15, -0.1) is 0 Å². The Morgan fingerprint density at radius 3 is 2.75 bits per heavy atom. The van der Waals surface area contributed by atoms with Gasteiger partial charge in [-0.2, -0.15) is 0 Å². The highest BCUT2D eigenvalue weighted by Gasteiger charge is 2.26. The van der Waals surface area contributed by atoms with Gasteiger partial charge in [0.15, 0.2) is 17.3 Å². The third kappa shape index (κ3) is 3.02. The van der Waals surface area contributed by atoms with Crippen LogP contribution in [0.4, 0.5) is 15.9 Å². The highest BCUT2D eigenvalue weighted by molar-refractivity contribution is 6.03. The summed E-state index contributed by atoms with van der Waals surface area (Å²) in [5.41, 5.74) is 1.93. The summed E-state index contributed by atoms with van der Waals surface area (Å²) in [5, 5.41) is 3.75. The molecule has 142 valence electrons. The summed E-state index contributed by atoms with van der Waals surface area (Å²) in [6.07, 6.45) is 2.12. The zero-order chi connectivity index (χ0) is 19.8. The van der Waals surface area contributed by atoms with Gasteiger partial charge in [0.2, 0.25) is 0 Å². The topological polar surface area (TPSA) is 90.4 Å². The number of rotatable bonds is 4. The fourth-order valence-electron chi connectivity index (χ4n) is 3.35. The van der Waals surface area contributed by atoms with E-state index in [0.717, 1.165) is 0 Å². The number of carbonyl (C=O) groups is 2. The molecule has 7 nitrogen and oxygen atoms in total. The molecule has 0 unspecified atom stereocenters. The maximum Gasteiger partial charge on any atom is 0.308 e. The van der Waals surface area contributed by atoms with Crippen LogP contribution in [0.2, 0.25) is 0 Å². The lowest BCUT2D eigenvalue weighted by Gasteiger charge is -2.14. The Labute approximate surface area is 159 Å². The summed E-state index contributed by atoms with van der Waals surface area (Å²) >= 11 is 0. The maximum absolute atomic E-state index is 14.0. The number of halogens is 1. The predicted octanol–water partition coefficient (Wildman–Crippen LogP) is 3.58. The van der Waals surface area contributed by atoms with Crippen LogP contribution in [-0.2, 0) is 11.2 Å². The lowest BCUT2D eigenvalue weighted by Crippen LogP contribution is -2.05. The molecule has 28 heavy (non-hydrogen) atoms. The second kappa shape index (κ2) is 6.88. The van der Waals surface area contributed by atoms with Crippen molar-refractivity contribution in [1.29, 1.82) is 0 Å². The van der Waals surface area contributed by atoms with Gasteiger partial charge in [0.05, 0.1) is 18.2 Å². The minimum absolute atomic E-state index is 0.130. The maximum atomic E-state index is 14.0. The van der Waals surface area contributed by atoms with Crippen LogP contribution >= 0.6 is 0 Å². The summed E-state index contributed by atoms with van der Waals surface area (Å²) in [7, 11) is 1.47. The van der Waals surface area contributed by atoms with Crippen LogP contribution in [0.5, 0.6) is 11.5 Å². The monoisotopic (exact) mass is 381 g/mol. The van der Waals surface area contributed by atoms with Crippen LogP contribution < -0.4 is 14.8 Å². The number of aromatic nitrogens is 2. The minimum atomic E-state index is -0.516. The molecule has 3 aromatic rings. The molecule has 1 aliphatic rings. The Morgan fingerprint density at radius 2 is 2.00 bits per heavy atom. The van der Waals surface area contributed by atoms with Crippen LogP contribution in [0, 0.1) is 5.82 Å². The zero-order valence-electron chi connectivity index (χ0n) is 15.2. The molecule has 0 radical (unpaired) electrons. The fourth-order valence-corrected chi connectivity index (χ4v) is 3.35. The molecule has 8 heteroatoms. The molecule has 0 aliphatic heterocycles. The van der Waals surface area contributed by atoms with Crippen molar-refractivity contribution in [1.82, 2.24) is 9.97 Å². The first kappa shape index (κ1) is 17.8. The predicted molar refractivity (Wildman–Crippen MR) is 99.7 cm³/mol. The number of ether oxygens (including phenoxy) is 2. The third-order valence-electron chi connectivity index (χ3n) is 4.57. The summed E-state index contributed by atoms with van der Waals surface area (Å²) in [4.78, 5) is 31.8. The van der Waals surface area contributed by atoms with Crippen molar-refractivity contribution in [3.8, 4) is 11.5 Å². The van der Waals surface area contributed by atoms with Gasteiger partial charge >= 0.3 is 5.97 Å². The van der Waals surface area contributed by atoms with E-state index >= 15 is 0 Å². The zero-order valence-corrected chi connectivity index (χ0v) is 15.2. The van der Waals surface area contributed by atoms with Crippen molar-refractivity contribution in [2.24, 2.45) is 0 Å². The lowest BCUT2D eigenvalue weighted by atomic mass is 10.1. The summed E-state index contributed by atoms with van der Waals surface area (Å²) in [6, 6.07) is 6.09.